The summed E-state index contributed by atoms with van der Waals surface area (Å²) in [6.45, 7) is 4.71. The van der Waals surface area contributed by atoms with Crippen LogP contribution < -0.4 is 5.32 Å². The van der Waals surface area contributed by atoms with E-state index in [0.29, 0.717) is 12.1 Å². The number of nitrogens with one attached hydrogen (secondary N) is 1. The fraction of sp³-hybridized carbons (Fsp3) is 0.600. The van der Waals surface area contributed by atoms with Gasteiger partial charge in [-0.2, -0.15) is 0 Å². The van der Waals surface area contributed by atoms with Gasteiger partial charge < -0.3 is 5.32 Å². The van der Waals surface area contributed by atoms with Gasteiger partial charge >= 0.3 is 0 Å². The maximum Gasteiger partial charge on any atom is 0.0409 e. The minimum Gasteiger partial charge on any atom is -0.306 e. The summed E-state index contributed by atoms with van der Waals surface area (Å²) in [7, 11) is 0. The Hall–Kier alpha value is -0.570. The lowest BCUT2D eigenvalue weighted by molar-refractivity contribution is 0.313. The quantitative estimate of drug-likeness (QED) is 0.898. The Labute approximate surface area is 114 Å². The SMILES string of the molecule is C[C@H](NC1CCN(C2CC2)C1)c1cccc(Cl)c1. The standard InChI is InChI=1S/C15H21ClN2/c1-11(12-3-2-4-13(16)9-12)17-14-7-8-18(10-14)15-5-6-15/h2-4,9,11,14-15,17H,5-8,10H2,1H3/t11-,14?/m0/s1. The van der Waals surface area contributed by atoms with E-state index in [1.165, 1.54) is 37.9 Å². The predicted octanol–water partition coefficient (Wildman–Crippen LogP) is 3.23. The van der Waals surface area contributed by atoms with Gasteiger partial charge in [0.15, 0.2) is 0 Å². The first-order valence-corrected chi connectivity index (χ1v) is 7.36. The van der Waals surface area contributed by atoms with E-state index < -0.39 is 0 Å². The van der Waals surface area contributed by atoms with Crippen LogP contribution in [0, 0.1) is 0 Å². The third-order valence-corrected chi connectivity index (χ3v) is 4.35. The largest absolute Gasteiger partial charge is 0.306 e. The third kappa shape index (κ3) is 2.87. The van der Waals surface area contributed by atoms with Crippen molar-refractivity contribution in [3.8, 4) is 0 Å². The summed E-state index contributed by atoms with van der Waals surface area (Å²) >= 11 is 6.04. The summed E-state index contributed by atoms with van der Waals surface area (Å²) < 4.78 is 0. The Bertz CT molecular complexity index is 417. The highest BCUT2D eigenvalue weighted by Crippen LogP contribution is 2.30. The van der Waals surface area contributed by atoms with Crippen LogP contribution in [0.5, 0.6) is 0 Å². The van der Waals surface area contributed by atoms with Gasteiger partial charge in [0.1, 0.15) is 0 Å². The molecule has 18 heavy (non-hydrogen) atoms. The summed E-state index contributed by atoms with van der Waals surface area (Å²) in [5.74, 6) is 0. The van der Waals surface area contributed by atoms with Crippen molar-refractivity contribution < 1.29 is 0 Å². The molecule has 3 heteroatoms. The molecule has 1 aliphatic carbocycles. The first-order chi connectivity index (χ1) is 8.72. The summed E-state index contributed by atoms with van der Waals surface area (Å²) in [5.41, 5.74) is 1.28. The van der Waals surface area contributed by atoms with Crippen LogP contribution in [0.15, 0.2) is 24.3 Å². The first-order valence-electron chi connectivity index (χ1n) is 6.98. The number of halogens is 1. The van der Waals surface area contributed by atoms with Crippen molar-refractivity contribution in [3.63, 3.8) is 0 Å². The molecule has 1 saturated heterocycles. The van der Waals surface area contributed by atoms with Crippen LogP contribution in [-0.2, 0) is 0 Å². The van der Waals surface area contributed by atoms with Gasteiger partial charge in [0, 0.05) is 36.2 Å². The molecular weight excluding hydrogens is 244 g/mol. The first kappa shape index (κ1) is 12.5. The molecule has 0 bridgehead atoms. The summed E-state index contributed by atoms with van der Waals surface area (Å²) in [6.07, 6.45) is 4.11. The Kier molecular flexibility index (Phi) is 3.60. The topological polar surface area (TPSA) is 15.3 Å². The molecule has 1 aromatic carbocycles. The molecule has 3 rings (SSSR count). The van der Waals surface area contributed by atoms with Crippen molar-refractivity contribution in [1.29, 1.82) is 0 Å². The van der Waals surface area contributed by atoms with E-state index in [0.717, 1.165) is 11.1 Å². The number of hydrogen-bond acceptors (Lipinski definition) is 2. The Morgan fingerprint density at radius 1 is 1.33 bits per heavy atom. The molecule has 1 saturated carbocycles. The average molecular weight is 265 g/mol. The van der Waals surface area contributed by atoms with Crippen molar-refractivity contribution in [2.75, 3.05) is 13.1 Å². The fourth-order valence-corrected chi connectivity index (χ4v) is 3.12. The van der Waals surface area contributed by atoms with Crippen LogP contribution in [0.4, 0.5) is 0 Å². The zero-order chi connectivity index (χ0) is 12.5. The highest BCUT2D eigenvalue weighted by molar-refractivity contribution is 6.30. The van der Waals surface area contributed by atoms with E-state index in [2.05, 4.69) is 29.3 Å². The van der Waals surface area contributed by atoms with Gasteiger partial charge in [0.2, 0.25) is 0 Å². The van der Waals surface area contributed by atoms with Gasteiger partial charge in [0.25, 0.3) is 0 Å². The maximum absolute atomic E-state index is 6.04. The van der Waals surface area contributed by atoms with Crippen LogP contribution in [-0.4, -0.2) is 30.1 Å². The van der Waals surface area contributed by atoms with E-state index >= 15 is 0 Å². The average Bonchev–Trinajstić information content (AvgIpc) is 3.11. The van der Waals surface area contributed by atoms with Crippen molar-refractivity contribution in [3.05, 3.63) is 34.9 Å². The molecule has 2 aliphatic rings. The normalized spacial score (nSPS) is 26.4. The lowest BCUT2D eigenvalue weighted by Crippen LogP contribution is -2.34. The van der Waals surface area contributed by atoms with Gasteiger partial charge in [-0.05, 0) is 43.9 Å². The Morgan fingerprint density at radius 3 is 2.89 bits per heavy atom. The van der Waals surface area contributed by atoms with Crippen molar-refractivity contribution in [2.45, 2.75) is 44.3 Å². The molecule has 0 spiro atoms. The molecule has 0 aromatic heterocycles. The van der Waals surface area contributed by atoms with E-state index in [1.807, 2.05) is 12.1 Å². The van der Waals surface area contributed by atoms with Gasteiger partial charge in [-0.15, -0.1) is 0 Å². The number of rotatable bonds is 4. The number of likely N-dealkylation sites (tertiary alicyclic amines) is 1. The highest BCUT2D eigenvalue weighted by atomic mass is 35.5. The maximum atomic E-state index is 6.04. The molecule has 98 valence electrons. The van der Waals surface area contributed by atoms with Gasteiger partial charge in [-0.1, -0.05) is 23.7 Å². The third-order valence-electron chi connectivity index (χ3n) is 4.12. The monoisotopic (exact) mass is 264 g/mol. The van der Waals surface area contributed by atoms with E-state index in [-0.39, 0.29) is 0 Å². The van der Waals surface area contributed by atoms with Crippen LogP contribution >= 0.6 is 11.6 Å². The smallest absolute Gasteiger partial charge is 0.0409 e. The number of benzene rings is 1. The minimum atomic E-state index is 0.382. The second-order valence-electron chi connectivity index (χ2n) is 5.66. The molecule has 1 unspecified atom stereocenters. The molecule has 1 heterocycles. The van der Waals surface area contributed by atoms with E-state index in [9.17, 15) is 0 Å². The zero-order valence-electron chi connectivity index (χ0n) is 10.9. The molecular formula is C15H21ClN2. The summed E-state index contributed by atoms with van der Waals surface area (Å²) in [6, 6.07) is 10.1. The van der Waals surface area contributed by atoms with Crippen LogP contribution in [0.25, 0.3) is 0 Å². The molecule has 2 atom stereocenters. The molecule has 0 amide bonds. The second kappa shape index (κ2) is 5.20. The summed E-state index contributed by atoms with van der Waals surface area (Å²) in [5, 5.41) is 4.56. The molecule has 2 fully saturated rings. The molecule has 1 aromatic rings. The van der Waals surface area contributed by atoms with Gasteiger partial charge in [-0.25, -0.2) is 0 Å². The molecule has 0 radical (unpaired) electrons. The molecule has 1 aliphatic heterocycles. The minimum absolute atomic E-state index is 0.382. The van der Waals surface area contributed by atoms with Crippen LogP contribution in [0.2, 0.25) is 5.02 Å². The molecule has 2 nitrogen and oxygen atoms in total. The van der Waals surface area contributed by atoms with Crippen LogP contribution in [0.1, 0.15) is 37.8 Å². The Morgan fingerprint density at radius 2 is 2.17 bits per heavy atom. The van der Waals surface area contributed by atoms with E-state index in [4.69, 9.17) is 11.6 Å². The number of hydrogen-bond donors (Lipinski definition) is 1. The summed E-state index contributed by atoms with van der Waals surface area (Å²) in [4.78, 5) is 2.64. The predicted molar refractivity (Wildman–Crippen MR) is 76.0 cm³/mol. The number of nitrogens with zero attached hydrogens (tertiary/aromatic N) is 1. The lowest BCUT2D eigenvalue weighted by atomic mass is 10.1. The molecule has 1 N–H and O–H groups in total. The van der Waals surface area contributed by atoms with E-state index in [1.54, 1.807) is 0 Å². The van der Waals surface area contributed by atoms with Crippen molar-refractivity contribution >= 4 is 11.6 Å². The van der Waals surface area contributed by atoms with Gasteiger partial charge in [0.05, 0.1) is 0 Å². The van der Waals surface area contributed by atoms with Crippen molar-refractivity contribution in [2.24, 2.45) is 0 Å². The zero-order valence-corrected chi connectivity index (χ0v) is 11.7. The fourth-order valence-electron chi connectivity index (χ4n) is 2.92. The van der Waals surface area contributed by atoms with Gasteiger partial charge in [-0.3, -0.25) is 4.90 Å². The lowest BCUT2D eigenvalue weighted by Gasteiger charge is -2.21. The highest BCUT2D eigenvalue weighted by Gasteiger charge is 2.34. The van der Waals surface area contributed by atoms with Crippen molar-refractivity contribution in [1.82, 2.24) is 10.2 Å². The Balaban J connectivity index is 1.56. The van der Waals surface area contributed by atoms with Crippen LogP contribution in [0.3, 0.4) is 0 Å². The second-order valence-corrected chi connectivity index (χ2v) is 6.09.